The molecule has 11 nitrogen and oxygen atoms in total. The topological polar surface area (TPSA) is 131 Å². The Morgan fingerprint density at radius 2 is 1.55 bits per heavy atom. The van der Waals surface area contributed by atoms with Gasteiger partial charge in [0.15, 0.2) is 0 Å². The van der Waals surface area contributed by atoms with Crippen molar-refractivity contribution in [2.45, 2.75) is 58.0 Å². The van der Waals surface area contributed by atoms with Gasteiger partial charge in [-0.3, -0.25) is 0 Å². The fourth-order valence-corrected chi connectivity index (χ4v) is 3.91. The number of aryl methyl sites for hydroxylation is 1. The maximum absolute atomic E-state index is 13.6. The van der Waals surface area contributed by atoms with Gasteiger partial charge < -0.3 is 10.6 Å². The number of nitrogens with one attached hydrogen (secondary N) is 2. The van der Waals surface area contributed by atoms with Crippen molar-refractivity contribution in [3.63, 3.8) is 0 Å². The minimum Gasteiger partial charge on any atom is -0.352 e. The van der Waals surface area contributed by atoms with Crippen LogP contribution in [0.1, 0.15) is 40.2 Å². The summed E-state index contributed by atoms with van der Waals surface area (Å²) in [7, 11) is -4.09. The maximum Gasteiger partial charge on any atom is 0.285 e. The van der Waals surface area contributed by atoms with Gasteiger partial charge in [0.05, 0.1) is 4.90 Å². The van der Waals surface area contributed by atoms with E-state index in [4.69, 9.17) is 0 Å². The van der Waals surface area contributed by atoms with Crippen molar-refractivity contribution in [2.75, 3.05) is 15.0 Å². The summed E-state index contributed by atoms with van der Waals surface area (Å²) in [6, 6.07) is 6.54. The van der Waals surface area contributed by atoms with E-state index >= 15 is 0 Å². The van der Waals surface area contributed by atoms with Crippen molar-refractivity contribution in [2.24, 2.45) is 0 Å². The molecule has 0 saturated carbocycles. The molecule has 0 fully saturated rings. The zero-order valence-corrected chi connectivity index (χ0v) is 19.2. The Bertz CT molecular complexity index is 1120. The summed E-state index contributed by atoms with van der Waals surface area (Å²) >= 11 is 0. The van der Waals surface area contributed by atoms with Crippen LogP contribution < -0.4 is 15.0 Å². The summed E-state index contributed by atoms with van der Waals surface area (Å²) in [5.41, 5.74) is 0.584. The largest absolute Gasteiger partial charge is 0.352 e. The minimum atomic E-state index is -4.09. The van der Waals surface area contributed by atoms with Crippen LogP contribution >= 0.6 is 0 Å². The summed E-state index contributed by atoms with van der Waals surface area (Å²) in [4.78, 5) is 13.2. The predicted molar refractivity (Wildman–Crippen MR) is 118 cm³/mol. The van der Waals surface area contributed by atoms with Crippen LogP contribution in [0.5, 0.6) is 0 Å². The summed E-state index contributed by atoms with van der Waals surface area (Å²) in [6.07, 6.45) is 2.53. The number of anilines is 3. The van der Waals surface area contributed by atoms with Gasteiger partial charge >= 0.3 is 0 Å². The zero-order chi connectivity index (χ0) is 22.8. The fourth-order valence-electron chi connectivity index (χ4n) is 2.60. The Morgan fingerprint density at radius 1 is 0.968 bits per heavy atom. The second kappa shape index (κ2) is 8.46. The predicted octanol–water partition coefficient (Wildman–Crippen LogP) is 2.46. The van der Waals surface area contributed by atoms with Gasteiger partial charge in [-0.2, -0.15) is 23.4 Å². The first-order chi connectivity index (χ1) is 14.5. The second-order valence-corrected chi connectivity index (χ2v) is 10.1. The first-order valence-corrected chi connectivity index (χ1v) is 11.2. The lowest BCUT2D eigenvalue weighted by atomic mass is 10.1. The van der Waals surface area contributed by atoms with E-state index in [9.17, 15) is 8.42 Å². The van der Waals surface area contributed by atoms with Crippen LogP contribution in [-0.2, 0) is 10.0 Å². The van der Waals surface area contributed by atoms with Crippen LogP contribution in [0.2, 0.25) is 0 Å². The highest BCUT2D eigenvalue weighted by Crippen LogP contribution is 2.24. The van der Waals surface area contributed by atoms with E-state index in [-0.39, 0.29) is 34.3 Å². The summed E-state index contributed by atoms with van der Waals surface area (Å²) < 4.78 is 29.3. The number of hydrogen-bond donors (Lipinski definition) is 2. The highest BCUT2D eigenvalue weighted by Gasteiger charge is 2.31. The molecule has 0 atom stereocenters. The van der Waals surface area contributed by atoms with Crippen molar-refractivity contribution in [3.05, 3.63) is 42.5 Å². The molecule has 31 heavy (non-hydrogen) atoms. The minimum absolute atomic E-state index is 0.0230. The molecule has 2 N–H and O–H groups in total. The molecule has 0 unspecified atom stereocenters. The molecule has 0 spiro atoms. The molecule has 0 radical (unpaired) electrons. The smallest absolute Gasteiger partial charge is 0.285 e. The average Bonchev–Trinajstić information content (AvgIpc) is 3.13. The first kappa shape index (κ1) is 22.4. The van der Waals surface area contributed by atoms with Crippen LogP contribution in [0.4, 0.5) is 17.8 Å². The number of hydrogen-bond acceptors (Lipinski definition) is 9. The number of aromatic nitrogens is 6. The van der Waals surface area contributed by atoms with Crippen LogP contribution in [-0.4, -0.2) is 49.8 Å². The normalized spacial score (nSPS) is 12.1. The standard InChI is InChI=1S/C19H27N9O2S/c1-13(2)22-16-23-17(26-19(4,5)6)25-18(24-16)28(27-11-20-21-12-27)31(29,30)15-9-7-14(3)8-10-15/h7-13H,1-6H3,(H2,22,23,24,25,26). The number of nitrogens with zero attached hydrogens (tertiary/aromatic N) is 7. The Labute approximate surface area is 182 Å². The van der Waals surface area contributed by atoms with Crippen LogP contribution in [0, 0.1) is 6.92 Å². The second-order valence-electron chi connectivity index (χ2n) is 8.36. The quantitative estimate of drug-likeness (QED) is 0.563. The first-order valence-electron chi connectivity index (χ1n) is 9.73. The Kier molecular flexibility index (Phi) is 6.11. The zero-order valence-electron chi connectivity index (χ0n) is 18.4. The molecule has 0 amide bonds. The Balaban J connectivity index is 2.19. The van der Waals surface area contributed by atoms with Crippen molar-refractivity contribution in [1.29, 1.82) is 0 Å². The molecule has 0 saturated heterocycles. The molecule has 166 valence electrons. The molecular formula is C19H27N9O2S. The third-order valence-electron chi connectivity index (χ3n) is 3.86. The average molecular weight is 446 g/mol. The maximum atomic E-state index is 13.6. The van der Waals surface area contributed by atoms with Crippen LogP contribution in [0.15, 0.2) is 41.8 Å². The molecule has 1 aromatic carbocycles. The molecule has 2 aromatic heterocycles. The lowest BCUT2D eigenvalue weighted by Gasteiger charge is -2.25. The van der Waals surface area contributed by atoms with Gasteiger partial charge in [0.2, 0.25) is 11.9 Å². The molecule has 0 aliphatic carbocycles. The number of rotatable bonds is 7. The lowest BCUT2D eigenvalue weighted by Crippen LogP contribution is -2.37. The van der Waals surface area contributed by atoms with Crippen molar-refractivity contribution >= 4 is 27.9 Å². The van der Waals surface area contributed by atoms with Crippen molar-refractivity contribution in [1.82, 2.24) is 29.8 Å². The van der Waals surface area contributed by atoms with Gasteiger partial charge in [-0.05, 0) is 53.7 Å². The van der Waals surface area contributed by atoms with Crippen molar-refractivity contribution < 1.29 is 8.42 Å². The number of benzene rings is 1. The van der Waals surface area contributed by atoms with Crippen LogP contribution in [0.25, 0.3) is 0 Å². The van der Waals surface area contributed by atoms with E-state index in [1.165, 1.54) is 29.5 Å². The van der Waals surface area contributed by atoms with Gasteiger partial charge in [0.25, 0.3) is 16.0 Å². The van der Waals surface area contributed by atoms with Gasteiger partial charge in [-0.1, -0.05) is 17.7 Å². The summed E-state index contributed by atoms with van der Waals surface area (Å²) in [5, 5.41) is 13.8. The molecule has 0 aliphatic heterocycles. The summed E-state index contributed by atoms with van der Waals surface area (Å²) in [5.74, 6) is 0.368. The highest BCUT2D eigenvalue weighted by atomic mass is 32.2. The third-order valence-corrected chi connectivity index (χ3v) is 5.54. The molecule has 12 heteroatoms. The van der Waals surface area contributed by atoms with Gasteiger partial charge in [0.1, 0.15) is 12.7 Å². The van der Waals surface area contributed by atoms with Gasteiger partial charge in [-0.15, -0.1) is 14.6 Å². The molecule has 3 aromatic rings. The monoisotopic (exact) mass is 445 g/mol. The van der Waals surface area contributed by atoms with E-state index in [2.05, 4.69) is 35.8 Å². The number of sulfonamides is 1. The Morgan fingerprint density at radius 3 is 2.10 bits per heavy atom. The molecule has 0 aliphatic rings. The SMILES string of the molecule is Cc1ccc(S(=O)(=O)N(c2nc(NC(C)C)nc(NC(C)(C)C)n2)n2cnnc2)cc1. The molecular weight excluding hydrogens is 418 g/mol. The van der Waals surface area contributed by atoms with Gasteiger partial charge in [0, 0.05) is 11.6 Å². The van der Waals surface area contributed by atoms with E-state index < -0.39 is 10.0 Å². The lowest BCUT2D eigenvalue weighted by molar-refractivity contribution is 0.580. The third kappa shape index (κ3) is 5.45. The fraction of sp³-hybridized carbons (Fsp3) is 0.421. The highest BCUT2D eigenvalue weighted by molar-refractivity contribution is 7.92. The molecule has 3 rings (SSSR count). The van der Waals surface area contributed by atoms with Crippen LogP contribution in [0.3, 0.4) is 0 Å². The van der Waals surface area contributed by atoms with Gasteiger partial charge in [-0.25, -0.2) is 4.68 Å². The van der Waals surface area contributed by atoms with E-state index in [0.717, 1.165) is 9.98 Å². The van der Waals surface area contributed by atoms with Crippen molar-refractivity contribution in [3.8, 4) is 0 Å². The molecule has 0 bridgehead atoms. The van der Waals surface area contributed by atoms with E-state index in [1.54, 1.807) is 12.1 Å². The Hall–Kier alpha value is -3.28. The van der Waals surface area contributed by atoms with E-state index in [1.807, 2.05) is 41.5 Å². The summed E-state index contributed by atoms with van der Waals surface area (Å²) in [6.45, 7) is 11.6. The van der Waals surface area contributed by atoms with E-state index in [0.29, 0.717) is 0 Å². The molecule has 2 heterocycles.